The van der Waals surface area contributed by atoms with Gasteiger partial charge >= 0.3 is 0 Å². The van der Waals surface area contributed by atoms with Gasteiger partial charge in [-0.15, -0.1) is 0 Å². The fourth-order valence-electron chi connectivity index (χ4n) is 2.42. The molecule has 1 N–H and O–H groups in total. The normalized spacial score (nSPS) is 10.2. The zero-order valence-corrected chi connectivity index (χ0v) is 15.3. The molecule has 2 rings (SSSR count). The van der Waals surface area contributed by atoms with Gasteiger partial charge in [0, 0.05) is 11.6 Å². The molecule has 0 bridgehead atoms. The van der Waals surface area contributed by atoms with Crippen LogP contribution in [-0.2, 0) is 4.79 Å². The predicted molar refractivity (Wildman–Crippen MR) is 99.7 cm³/mol. The van der Waals surface area contributed by atoms with E-state index >= 15 is 0 Å². The third-order valence-corrected chi connectivity index (χ3v) is 3.94. The van der Waals surface area contributed by atoms with Crippen LogP contribution >= 0.6 is 0 Å². The molecule has 0 spiro atoms. The molecule has 1 amide bonds. The van der Waals surface area contributed by atoms with Crippen LogP contribution in [0.2, 0.25) is 0 Å². The van der Waals surface area contributed by atoms with E-state index in [0.29, 0.717) is 35.5 Å². The van der Waals surface area contributed by atoms with E-state index in [-0.39, 0.29) is 18.0 Å². The second kappa shape index (κ2) is 8.79. The first-order valence-corrected chi connectivity index (χ1v) is 8.26. The average molecular weight is 372 g/mol. The van der Waals surface area contributed by atoms with E-state index in [1.165, 1.54) is 24.3 Å². The molecule has 0 aromatic heterocycles. The average Bonchev–Trinajstić information content (AvgIpc) is 2.64. The van der Waals surface area contributed by atoms with Crippen LogP contribution in [0.4, 0.5) is 11.4 Å². The Bertz CT molecular complexity index is 879. The third kappa shape index (κ3) is 4.81. The van der Waals surface area contributed by atoms with Gasteiger partial charge in [-0.2, -0.15) is 0 Å². The predicted octanol–water partition coefficient (Wildman–Crippen LogP) is 3.44. The zero-order chi connectivity index (χ0) is 20.0. The van der Waals surface area contributed by atoms with Crippen LogP contribution in [0.1, 0.15) is 28.4 Å². The molecule has 142 valence electrons. The largest absolute Gasteiger partial charge is 0.490 e. The van der Waals surface area contributed by atoms with Gasteiger partial charge < -0.3 is 14.8 Å². The van der Waals surface area contributed by atoms with Crippen molar-refractivity contribution in [3.8, 4) is 11.5 Å². The van der Waals surface area contributed by atoms with Crippen molar-refractivity contribution in [1.29, 1.82) is 0 Å². The van der Waals surface area contributed by atoms with Crippen molar-refractivity contribution in [1.82, 2.24) is 0 Å². The van der Waals surface area contributed by atoms with Crippen LogP contribution in [0.5, 0.6) is 11.5 Å². The molecular formula is C19H20N2O6. The summed E-state index contributed by atoms with van der Waals surface area (Å²) in [6.45, 7) is 5.27. The van der Waals surface area contributed by atoms with Crippen LogP contribution in [0, 0.1) is 24.0 Å². The van der Waals surface area contributed by atoms with Crippen molar-refractivity contribution in [3.05, 3.63) is 57.1 Å². The lowest BCUT2D eigenvalue weighted by Gasteiger charge is -2.14. The van der Waals surface area contributed by atoms with Crippen molar-refractivity contribution in [2.75, 3.05) is 18.5 Å². The Balaban J connectivity index is 2.15. The number of aryl methyl sites for hydroxylation is 1. The maximum atomic E-state index is 12.3. The number of nitrogens with zero attached hydrogens (tertiary/aromatic N) is 1. The number of rotatable bonds is 8. The van der Waals surface area contributed by atoms with Crippen molar-refractivity contribution in [2.24, 2.45) is 0 Å². The molecule has 2 aromatic carbocycles. The number of benzene rings is 2. The highest BCUT2D eigenvalue weighted by molar-refractivity contribution is 5.95. The number of amides is 1. The molecule has 0 atom stereocenters. The van der Waals surface area contributed by atoms with E-state index in [9.17, 15) is 19.7 Å². The Morgan fingerprint density at radius 3 is 2.56 bits per heavy atom. The number of aldehydes is 1. The van der Waals surface area contributed by atoms with Crippen molar-refractivity contribution in [3.63, 3.8) is 0 Å². The van der Waals surface area contributed by atoms with Gasteiger partial charge in [0.2, 0.25) is 0 Å². The monoisotopic (exact) mass is 372 g/mol. The highest BCUT2D eigenvalue weighted by Crippen LogP contribution is 2.31. The summed E-state index contributed by atoms with van der Waals surface area (Å²) >= 11 is 0. The Morgan fingerprint density at radius 1 is 1.19 bits per heavy atom. The minimum atomic E-state index is -0.547. The van der Waals surface area contributed by atoms with Gasteiger partial charge in [0.05, 0.1) is 11.5 Å². The molecule has 0 radical (unpaired) electrons. The standard InChI is InChI=1S/C19H20N2O6/c1-4-26-17-9-14(10-22)6-8-16(17)27-11-18(23)20-19-13(3)12(2)5-7-15(19)21(24)25/h5-10H,4,11H2,1-3H3,(H,20,23). The van der Waals surface area contributed by atoms with Crippen molar-refractivity contribution < 1.29 is 24.0 Å². The van der Waals surface area contributed by atoms with E-state index in [1.807, 2.05) is 0 Å². The number of anilines is 1. The summed E-state index contributed by atoms with van der Waals surface area (Å²) in [7, 11) is 0. The summed E-state index contributed by atoms with van der Waals surface area (Å²) in [5.41, 5.74) is 1.82. The number of nitro groups is 1. The number of carbonyl (C=O) groups is 2. The first kappa shape index (κ1) is 19.9. The lowest BCUT2D eigenvalue weighted by Crippen LogP contribution is -2.21. The quantitative estimate of drug-likeness (QED) is 0.432. The summed E-state index contributed by atoms with van der Waals surface area (Å²) in [6, 6.07) is 7.56. The molecule has 27 heavy (non-hydrogen) atoms. The van der Waals surface area contributed by atoms with Crippen molar-refractivity contribution in [2.45, 2.75) is 20.8 Å². The molecule has 0 unspecified atom stereocenters. The Morgan fingerprint density at radius 2 is 1.93 bits per heavy atom. The van der Waals surface area contributed by atoms with Gasteiger partial charge in [-0.1, -0.05) is 6.07 Å². The molecule has 8 nitrogen and oxygen atoms in total. The third-order valence-electron chi connectivity index (χ3n) is 3.94. The first-order valence-electron chi connectivity index (χ1n) is 8.26. The Hall–Kier alpha value is -3.42. The lowest BCUT2D eigenvalue weighted by atomic mass is 10.1. The van der Waals surface area contributed by atoms with E-state index in [4.69, 9.17) is 9.47 Å². The van der Waals surface area contributed by atoms with E-state index in [1.54, 1.807) is 26.8 Å². The molecule has 0 aliphatic carbocycles. The van der Waals surface area contributed by atoms with Gasteiger partial charge in [-0.3, -0.25) is 19.7 Å². The summed E-state index contributed by atoms with van der Waals surface area (Å²) in [5, 5.41) is 13.7. The topological polar surface area (TPSA) is 108 Å². The van der Waals surface area contributed by atoms with E-state index < -0.39 is 10.8 Å². The minimum absolute atomic E-state index is 0.148. The maximum Gasteiger partial charge on any atom is 0.293 e. The van der Waals surface area contributed by atoms with Crippen LogP contribution in [0.3, 0.4) is 0 Å². The van der Waals surface area contributed by atoms with Crippen LogP contribution < -0.4 is 14.8 Å². The smallest absolute Gasteiger partial charge is 0.293 e. The summed E-state index contributed by atoms with van der Waals surface area (Å²) in [4.78, 5) is 33.8. The summed E-state index contributed by atoms with van der Waals surface area (Å²) in [6.07, 6.45) is 0.679. The van der Waals surface area contributed by atoms with Crippen LogP contribution in [-0.4, -0.2) is 30.3 Å². The van der Waals surface area contributed by atoms with E-state index in [0.717, 1.165) is 5.56 Å². The molecule has 0 saturated carbocycles. The highest BCUT2D eigenvalue weighted by Gasteiger charge is 2.20. The van der Waals surface area contributed by atoms with Crippen molar-refractivity contribution >= 4 is 23.6 Å². The molecule has 2 aromatic rings. The van der Waals surface area contributed by atoms with Gasteiger partial charge in [-0.25, -0.2) is 0 Å². The van der Waals surface area contributed by atoms with Gasteiger partial charge in [0.25, 0.3) is 11.6 Å². The second-order valence-corrected chi connectivity index (χ2v) is 5.75. The SMILES string of the molecule is CCOc1cc(C=O)ccc1OCC(=O)Nc1c([N+](=O)[O-])ccc(C)c1C. The maximum absolute atomic E-state index is 12.3. The first-order chi connectivity index (χ1) is 12.9. The summed E-state index contributed by atoms with van der Waals surface area (Å²) in [5.74, 6) is 0.0920. The number of hydrogen-bond donors (Lipinski definition) is 1. The van der Waals surface area contributed by atoms with Crippen LogP contribution in [0.15, 0.2) is 30.3 Å². The van der Waals surface area contributed by atoms with Gasteiger partial charge in [0.1, 0.15) is 12.0 Å². The van der Waals surface area contributed by atoms with Gasteiger partial charge in [-0.05, 0) is 50.1 Å². The number of ether oxygens (including phenoxy) is 2. The Labute approximate surface area is 156 Å². The number of nitro benzene ring substituents is 1. The zero-order valence-electron chi connectivity index (χ0n) is 15.3. The molecule has 8 heteroatoms. The molecule has 0 aliphatic heterocycles. The summed E-state index contributed by atoms with van der Waals surface area (Å²) < 4.78 is 10.9. The fourth-order valence-corrected chi connectivity index (χ4v) is 2.42. The molecular weight excluding hydrogens is 352 g/mol. The molecule has 0 heterocycles. The lowest BCUT2D eigenvalue weighted by molar-refractivity contribution is -0.384. The Kier molecular flexibility index (Phi) is 6.48. The van der Waals surface area contributed by atoms with Gasteiger partial charge in [0.15, 0.2) is 18.1 Å². The molecule has 0 saturated heterocycles. The van der Waals surface area contributed by atoms with Crippen LogP contribution in [0.25, 0.3) is 0 Å². The number of hydrogen-bond acceptors (Lipinski definition) is 6. The second-order valence-electron chi connectivity index (χ2n) is 5.75. The molecule has 0 fully saturated rings. The molecule has 0 aliphatic rings. The highest BCUT2D eigenvalue weighted by atomic mass is 16.6. The minimum Gasteiger partial charge on any atom is -0.490 e. The number of nitrogens with one attached hydrogen (secondary N) is 1. The fraction of sp³-hybridized carbons (Fsp3) is 0.263. The number of carbonyl (C=O) groups excluding carboxylic acids is 2. The van der Waals surface area contributed by atoms with E-state index in [2.05, 4.69) is 5.32 Å².